The third kappa shape index (κ3) is 3.13. The van der Waals surface area contributed by atoms with Crippen LogP contribution >= 0.6 is 0 Å². The topological polar surface area (TPSA) is 126 Å². The zero-order valence-corrected chi connectivity index (χ0v) is 18.9. The summed E-state index contributed by atoms with van der Waals surface area (Å²) in [6, 6.07) is 3.45. The van der Waals surface area contributed by atoms with Gasteiger partial charge in [-0.15, -0.1) is 0 Å². The fourth-order valence-electron chi connectivity index (χ4n) is 4.47. The summed E-state index contributed by atoms with van der Waals surface area (Å²) in [4.78, 5) is 43.1. The molecule has 2 heterocycles. The van der Waals surface area contributed by atoms with Crippen LogP contribution in [0.4, 0.5) is 0 Å². The Balaban J connectivity index is 1.87. The van der Waals surface area contributed by atoms with Gasteiger partial charge < -0.3 is 20.3 Å². The molecular weight excluding hydrogens is 424 g/mol. The van der Waals surface area contributed by atoms with Crippen molar-refractivity contribution >= 4 is 17.3 Å². The largest absolute Gasteiger partial charge is 0.507 e. The highest BCUT2D eigenvalue weighted by atomic mass is 16.5. The zero-order valence-electron chi connectivity index (χ0n) is 18.9. The third-order valence-corrected chi connectivity index (χ3v) is 6.38. The number of allylic oxidation sites excluding steroid dienone is 4. The van der Waals surface area contributed by atoms with Crippen molar-refractivity contribution in [2.24, 2.45) is 0 Å². The Morgan fingerprint density at radius 2 is 1.91 bits per heavy atom. The van der Waals surface area contributed by atoms with Crippen molar-refractivity contribution in [2.45, 2.75) is 46.1 Å². The van der Waals surface area contributed by atoms with Crippen LogP contribution in [-0.4, -0.2) is 32.5 Å². The van der Waals surface area contributed by atoms with Crippen LogP contribution in [0.15, 0.2) is 47.6 Å². The van der Waals surface area contributed by atoms with Crippen molar-refractivity contribution < 1.29 is 29.3 Å². The molecule has 1 aliphatic carbocycles. The first kappa shape index (κ1) is 22.3. The van der Waals surface area contributed by atoms with Gasteiger partial charge in [0.15, 0.2) is 17.3 Å². The molecule has 0 saturated carbocycles. The molecular formula is C25H24N2O6. The average Bonchev–Trinajstić information content (AvgIpc) is 3.05. The quantitative estimate of drug-likeness (QED) is 0.370. The highest BCUT2D eigenvalue weighted by molar-refractivity contribution is 6.31. The second-order valence-corrected chi connectivity index (χ2v) is 8.54. The second kappa shape index (κ2) is 7.58. The van der Waals surface area contributed by atoms with E-state index in [9.17, 15) is 24.6 Å². The minimum atomic E-state index is -1.54. The molecule has 0 saturated heterocycles. The maximum absolute atomic E-state index is 13.8. The van der Waals surface area contributed by atoms with E-state index < -0.39 is 28.5 Å². The summed E-state index contributed by atoms with van der Waals surface area (Å²) in [5, 5.41) is 24.5. The Morgan fingerprint density at radius 3 is 2.52 bits per heavy atom. The smallest absolute Gasteiger partial charge is 0.194 e. The Kier molecular flexibility index (Phi) is 5.11. The van der Waals surface area contributed by atoms with Gasteiger partial charge in [-0.05, 0) is 46.2 Å². The highest BCUT2D eigenvalue weighted by Gasteiger charge is 2.56. The molecule has 0 amide bonds. The summed E-state index contributed by atoms with van der Waals surface area (Å²) in [7, 11) is 0. The molecule has 4 rings (SSSR count). The van der Waals surface area contributed by atoms with Gasteiger partial charge in [0.1, 0.15) is 34.0 Å². The summed E-state index contributed by atoms with van der Waals surface area (Å²) in [5.41, 5.74) is -0.373. The molecule has 1 aliphatic heterocycles. The number of nitrogens with one attached hydrogen (secondary N) is 1. The van der Waals surface area contributed by atoms with Crippen LogP contribution in [0.1, 0.15) is 60.8 Å². The van der Waals surface area contributed by atoms with Gasteiger partial charge in [0.05, 0.1) is 11.1 Å². The number of fused-ring (bicyclic) bond motifs is 3. The molecule has 0 fully saturated rings. The maximum Gasteiger partial charge on any atom is 0.194 e. The molecule has 1 aromatic heterocycles. The number of aromatic nitrogens is 1. The summed E-state index contributed by atoms with van der Waals surface area (Å²) < 4.78 is 5.77. The predicted molar refractivity (Wildman–Crippen MR) is 119 cm³/mol. The first-order valence-electron chi connectivity index (χ1n) is 10.5. The van der Waals surface area contributed by atoms with Crippen LogP contribution in [0, 0.1) is 6.92 Å². The van der Waals surface area contributed by atoms with E-state index in [4.69, 9.17) is 4.74 Å². The lowest BCUT2D eigenvalue weighted by atomic mass is 9.70. The van der Waals surface area contributed by atoms with E-state index in [1.165, 1.54) is 26.8 Å². The number of Topliss-reactive ketones (excluding diaryl/α,β-unsaturated/α-hetero) is 2. The Hall–Kier alpha value is -3.94. The number of phenolic OH excluding ortho intramolecular Hbond substituents is 2. The van der Waals surface area contributed by atoms with Crippen LogP contribution in [0.2, 0.25) is 0 Å². The van der Waals surface area contributed by atoms with Crippen molar-refractivity contribution in [3.8, 4) is 17.2 Å². The van der Waals surface area contributed by atoms with Crippen LogP contribution < -0.4 is 10.1 Å². The van der Waals surface area contributed by atoms with Gasteiger partial charge in [-0.3, -0.25) is 19.4 Å². The number of rotatable bonds is 4. The van der Waals surface area contributed by atoms with Gasteiger partial charge >= 0.3 is 0 Å². The first-order chi connectivity index (χ1) is 15.5. The maximum atomic E-state index is 13.8. The fraction of sp³-hybridized carbons (Fsp3) is 0.280. The fourth-order valence-corrected chi connectivity index (χ4v) is 4.47. The van der Waals surface area contributed by atoms with E-state index in [0.717, 1.165) is 5.56 Å². The molecule has 170 valence electrons. The number of ether oxygens (including phenoxy) is 1. The number of benzene rings is 1. The second-order valence-electron chi connectivity index (χ2n) is 8.54. The molecule has 8 heteroatoms. The van der Waals surface area contributed by atoms with Crippen molar-refractivity contribution in [1.29, 1.82) is 0 Å². The average molecular weight is 448 g/mol. The van der Waals surface area contributed by atoms with Gasteiger partial charge in [-0.2, -0.15) is 0 Å². The number of nitrogens with zero attached hydrogens (tertiary/aromatic N) is 1. The Morgan fingerprint density at radius 1 is 1.21 bits per heavy atom. The molecule has 2 aliphatic rings. The molecule has 8 nitrogen and oxygen atoms in total. The normalized spacial score (nSPS) is 21.5. The van der Waals surface area contributed by atoms with Gasteiger partial charge in [0.2, 0.25) is 0 Å². The molecule has 0 spiro atoms. The van der Waals surface area contributed by atoms with Crippen LogP contribution in [0.3, 0.4) is 0 Å². The molecule has 2 atom stereocenters. The van der Waals surface area contributed by atoms with Crippen LogP contribution in [-0.2, 0) is 15.0 Å². The number of hydrogen-bond acceptors (Lipinski definition) is 8. The zero-order chi connectivity index (χ0) is 24.2. The van der Waals surface area contributed by atoms with E-state index in [2.05, 4.69) is 10.3 Å². The molecule has 0 bridgehead atoms. The molecule has 2 aromatic rings. The summed E-state index contributed by atoms with van der Waals surface area (Å²) in [6.45, 7) is 7.75. The minimum absolute atomic E-state index is 0.00663. The molecule has 3 N–H and O–H groups in total. The van der Waals surface area contributed by atoms with Gasteiger partial charge in [0, 0.05) is 35.8 Å². The standard InChI is InChI=1S/C25H24N2O6/c1-11-21(30)19(14(4)28)23-20(22(11)31)25(5)17(33-23)9-16(29)18(24(25)32)13(3)27-12(2)15-7-6-8-26-10-15/h6-10,12,27,30-31H,1-5H3/b18-13+/t12?,25-/m1/s1. The monoisotopic (exact) mass is 448 g/mol. The van der Waals surface area contributed by atoms with Gasteiger partial charge in [-0.1, -0.05) is 6.07 Å². The van der Waals surface area contributed by atoms with E-state index in [-0.39, 0.29) is 45.6 Å². The molecule has 1 aromatic carbocycles. The van der Waals surface area contributed by atoms with E-state index in [1.807, 2.05) is 13.0 Å². The number of carbonyl (C=O) groups is 3. The highest BCUT2D eigenvalue weighted by Crippen LogP contribution is 2.57. The summed E-state index contributed by atoms with van der Waals surface area (Å²) >= 11 is 0. The number of carbonyl (C=O) groups excluding carboxylic acids is 3. The van der Waals surface area contributed by atoms with E-state index in [0.29, 0.717) is 5.70 Å². The van der Waals surface area contributed by atoms with Crippen molar-refractivity contribution in [3.05, 3.63) is 69.9 Å². The predicted octanol–water partition coefficient (Wildman–Crippen LogP) is 3.31. The lowest BCUT2D eigenvalue weighted by molar-refractivity contribution is -0.123. The number of hydrogen-bond donors (Lipinski definition) is 3. The molecule has 33 heavy (non-hydrogen) atoms. The number of pyridine rings is 1. The number of phenols is 2. The summed E-state index contributed by atoms with van der Waals surface area (Å²) in [5.74, 6) is -2.47. The van der Waals surface area contributed by atoms with Crippen molar-refractivity contribution in [1.82, 2.24) is 10.3 Å². The van der Waals surface area contributed by atoms with Crippen LogP contribution in [0.5, 0.6) is 17.2 Å². The number of ketones is 3. The SMILES string of the molecule is CC(=O)c1c(O)c(C)c(O)c2c1OC1=CC(=O)/C(=C(/C)NC(C)c3cccnc3)C(=O)[C@]12C. The van der Waals surface area contributed by atoms with E-state index >= 15 is 0 Å². The lowest BCUT2D eigenvalue weighted by Gasteiger charge is -2.29. The van der Waals surface area contributed by atoms with Gasteiger partial charge in [0.25, 0.3) is 0 Å². The summed E-state index contributed by atoms with van der Waals surface area (Å²) in [6.07, 6.45) is 4.55. The number of aromatic hydroxyl groups is 2. The van der Waals surface area contributed by atoms with Crippen molar-refractivity contribution in [3.63, 3.8) is 0 Å². The third-order valence-electron chi connectivity index (χ3n) is 6.38. The first-order valence-corrected chi connectivity index (χ1v) is 10.5. The minimum Gasteiger partial charge on any atom is -0.507 e. The van der Waals surface area contributed by atoms with Crippen LogP contribution in [0.25, 0.3) is 0 Å². The molecule has 0 radical (unpaired) electrons. The van der Waals surface area contributed by atoms with E-state index in [1.54, 1.807) is 25.4 Å². The Bertz CT molecular complexity index is 1290. The Labute approximate surface area is 190 Å². The van der Waals surface area contributed by atoms with Crippen molar-refractivity contribution in [2.75, 3.05) is 0 Å². The van der Waals surface area contributed by atoms with Gasteiger partial charge in [-0.25, -0.2) is 0 Å². The lowest BCUT2D eigenvalue weighted by Crippen LogP contribution is -2.41. The molecule has 1 unspecified atom stereocenters.